The smallest absolute Gasteiger partial charge is 0.00841 e. The molecule has 0 aliphatic heterocycles. The van der Waals surface area contributed by atoms with Crippen LogP contribution in [0, 0.1) is 0 Å². The molecule has 0 aromatic heterocycles. The van der Waals surface area contributed by atoms with E-state index >= 15 is 0 Å². The van der Waals surface area contributed by atoms with E-state index in [1.165, 1.54) is 25.0 Å². The molecule has 0 unspecified atom stereocenters. The van der Waals surface area contributed by atoms with Crippen molar-refractivity contribution in [2.24, 2.45) is 0 Å². The van der Waals surface area contributed by atoms with E-state index in [1.54, 1.807) is 0 Å². The molecule has 0 fully saturated rings. The van der Waals surface area contributed by atoms with E-state index in [0.717, 1.165) is 0 Å². The molecular formula is C9H19N. The van der Waals surface area contributed by atoms with Gasteiger partial charge in [0.2, 0.25) is 0 Å². The molecule has 0 aliphatic carbocycles. The Morgan fingerprint density at radius 3 is 2.30 bits per heavy atom. The van der Waals surface area contributed by atoms with Crippen LogP contribution in [0.5, 0.6) is 0 Å². The Hall–Kier alpha value is -0.460. The van der Waals surface area contributed by atoms with Crippen LogP contribution in [-0.2, 0) is 0 Å². The number of unbranched alkanes of at least 4 members (excludes halogenated alkanes) is 1. The van der Waals surface area contributed by atoms with Crippen molar-refractivity contribution >= 4 is 0 Å². The van der Waals surface area contributed by atoms with Crippen molar-refractivity contribution in [1.82, 2.24) is 4.90 Å². The van der Waals surface area contributed by atoms with Crippen LogP contribution in [0.3, 0.4) is 0 Å². The second kappa shape index (κ2) is 5.33. The van der Waals surface area contributed by atoms with Gasteiger partial charge in [-0.2, -0.15) is 0 Å². The zero-order valence-corrected chi connectivity index (χ0v) is 7.65. The molecule has 0 radical (unpaired) electrons. The molecule has 0 N–H and O–H groups in total. The van der Waals surface area contributed by atoms with E-state index in [9.17, 15) is 0 Å². The van der Waals surface area contributed by atoms with Crippen molar-refractivity contribution in [3.05, 3.63) is 11.8 Å². The van der Waals surface area contributed by atoms with E-state index in [4.69, 9.17) is 0 Å². The molecule has 1 heteroatoms. The number of hydrogen-bond acceptors (Lipinski definition) is 1. The van der Waals surface area contributed by atoms with Crippen LogP contribution in [0.1, 0.15) is 33.1 Å². The topological polar surface area (TPSA) is 3.24 Å². The predicted molar refractivity (Wildman–Crippen MR) is 47.0 cm³/mol. The highest BCUT2D eigenvalue weighted by molar-refractivity contribution is 4.96. The fourth-order valence-corrected chi connectivity index (χ4v) is 0.984. The summed E-state index contributed by atoms with van der Waals surface area (Å²) >= 11 is 0. The van der Waals surface area contributed by atoms with Gasteiger partial charge >= 0.3 is 0 Å². The Balaban J connectivity index is 3.63. The summed E-state index contributed by atoms with van der Waals surface area (Å²) < 4.78 is 0. The van der Waals surface area contributed by atoms with Crippen LogP contribution >= 0.6 is 0 Å². The maximum atomic E-state index is 2.23. The molecular weight excluding hydrogens is 122 g/mol. The first kappa shape index (κ1) is 9.54. The van der Waals surface area contributed by atoms with Crippen molar-refractivity contribution in [3.8, 4) is 0 Å². The molecule has 0 rings (SSSR count). The highest BCUT2D eigenvalue weighted by Gasteiger charge is 1.95. The third-order valence-electron chi connectivity index (χ3n) is 1.69. The van der Waals surface area contributed by atoms with Gasteiger partial charge in [-0.3, -0.25) is 0 Å². The van der Waals surface area contributed by atoms with Crippen LogP contribution < -0.4 is 0 Å². The summed E-state index contributed by atoms with van der Waals surface area (Å²) in [4.78, 5) is 2.19. The number of nitrogens with zero attached hydrogens (tertiary/aromatic N) is 1. The number of hydrogen-bond donors (Lipinski definition) is 0. The zero-order chi connectivity index (χ0) is 7.98. The SMILES string of the molecule is C/C=C(\CCCC)N(C)C. The molecule has 0 saturated carbocycles. The average molecular weight is 141 g/mol. The second-order valence-electron chi connectivity index (χ2n) is 2.78. The maximum Gasteiger partial charge on any atom is 0.00841 e. The molecule has 10 heavy (non-hydrogen) atoms. The minimum Gasteiger partial charge on any atom is -0.381 e. The molecule has 0 spiro atoms. The van der Waals surface area contributed by atoms with Crippen LogP contribution in [0.4, 0.5) is 0 Å². The van der Waals surface area contributed by atoms with Gasteiger partial charge in [0.1, 0.15) is 0 Å². The van der Waals surface area contributed by atoms with E-state index in [0.29, 0.717) is 0 Å². The summed E-state index contributed by atoms with van der Waals surface area (Å²) in [5.41, 5.74) is 1.45. The lowest BCUT2D eigenvalue weighted by molar-refractivity contribution is 0.478. The van der Waals surface area contributed by atoms with Crippen LogP contribution in [-0.4, -0.2) is 19.0 Å². The second-order valence-corrected chi connectivity index (χ2v) is 2.78. The van der Waals surface area contributed by atoms with Gasteiger partial charge in [0.05, 0.1) is 0 Å². The van der Waals surface area contributed by atoms with Crippen LogP contribution in [0.15, 0.2) is 11.8 Å². The van der Waals surface area contributed by atoms with Crippen LogP contribution in [0.2, 0.25) is 0 Å². The van der Waals surface area contributed by atoms with Gasteiger partial charge in [-0.05, 0) is 19.8 Å². The Kier molecular flexibility index (Phi) is 5.09. The maximum absolute atomic E-state index is 2.23. The summed E-state index contributed by atoms with van der Waals surface area (Å²) in [6.07, 6.45) is 6.00. The first-order valence-corrected chi connectivity index (χ1v) is 4.04. The number of rotatable bonds is 4. The Bertz CT molecular complexity index is 103. The molecule has 60 valence electrons. The molecule has 0 heterocycles. The molecule has 0 aliphatic rings. The van der Waals surface area contributed by atoms with Crippen molar-refractivity contribution in [3.63, 3.8) is 0 Å². The van der Waals surface area contributed by atoms with Gasteiger partial charge in [-0.25, -0.2) is 0 Å². The quantitative estimate of drug-likeness (QED) is 0.581. The zero-order valence-electron chi connectivity index (χ0n) is 7.65. The largest absolute Gasteiger partial charge is 0.381 e. The Morgan fingerprint density at radius 2 is 2.00 bits per heavy atom. The molecule has 0 amide bonds. The van der Waals surface area contributed by atoms with E-state index in [-0.39, 0.29) is 0 Å². The van der Waals surface area contributed by atoms with E-state index < -0.39 is 0 Å². The lowest BCUT2D eigenvalue weighted by Crippen LogP contribution is -2.10. The Morgan fingerprint density at radius 1 is 1.40 bits per heavy atom. The summed E-state index contributed by atoms with van der Waals surface area (Å²) in [5, 5.41) is 0. The van der Waals surface area contributed by atoms with Crippen LogP contribution in [0.25, 0.3) is 0 Å². The number of allylic oxidation sites excluding steroid dienone is 2. The highest BCUT2D eigenvalue weighted by Crippen LogP contribution is 2.08. The van der Waals surface area contributed by atoms with Gasteiger partial charge in [0.15, 0.2) is 0 Å². The summed E-state index contributed by atoms with van der Waals surface area (Å²) in [6, 6.07) is 0. The summed E-state index contributed by atoms with van der Waals surface area (Å²) in [5.74, 6) is 0. The minimum atomic E-state index is 1.22. The minimum absolute atomic E-state index is 1.22. The van der Waals surface area contributed by atoms with Crippen molar-refractivity contribution in [2.45, 2.75) is 33.1 Å². The standard InChI is InChI=1S/C9H19N/c1-5-7-8-9(6-2)10(3)4/h6H,5,7-8H2,1-4H3/b9-6+. The normalized spacial score (nSPS) is 11.8. The van der Waals surface area contributed by atoms with Gasteiger partial charge in [0.25, 0.3) is 0 Å². The molecule has 0 bridgehead atoms. The molecule has 0 saturated heterocycles. The van der Waals surface area contributed by atoms with Gasteiger partial charge in [-0.1, -0.05) is 19.4 Å². The predicted octanol–water partition coefficient (Wildman–Crippen LogP) is 2.64. The lowest BCUT2D eigenvalue weighted by atomic mass is 10.2. The first-order valence-electron chi connectivity index (χ1n) is 4.04. The third kappa shape index (κ3) is 3.54. The van der Waals surface area contributed by atoms with Gasteiger partial charge < -0.3 is 4.90 Å². The summed E-state index contributed by atoms with van der Waals surface area (Å²) in [6.45, 7) is 4.33. The summed E-state index contributed by atoms with van der Waals surface area (Å²) in [7, 11) is 4.20. The molecule has 0 aromatic rings. The van der Waals surface area contributed by atoms with E-state index in [1.807, 2.05) is 0 Å². The fourth-order valence-electron chi connectivity index (χ4n) is 0.984. The third-order valence-corrected chi connectivity index (χ3v) is 1.69. The van der Waals surface area contributed by atoms with Gasteiger partial charge in [-0.15, -0.1) is 0 Å². The monoisotopic (exact) mass is 141 g/mol. The Labute approximate surface area is 64.7 Å². The first-order chi connectivity index (χ1) is 4.72. The van der Waals surface area contributed by atoms with Crippen molar-refractivity contribution in [1.29, 1.82) is 0 Å². The lowest BCUT2D eigenvalue weighted by Gasteiger charge is -2.16. The average Bonchev–Trinajstić information content (AvgIpc) is 1.89. The van der Waals surface area contributed by atoms with Crippen molar-refractivity contribution < 1.29 is 0 Å². The fraction of sp³-hybridized carbons (Fsp3) is 0.778. The molecule has 1 nitrogen and oxygen atoms in total. The highest BCUT2D eigenvalue weighted by atomic mass is 15.1. The molecule has 0 atom stereocenters. The van der Waals surface area contributed by atoms with E-state index in [2.05, 4.69) is 38.9 Å². The van der Waals surface area contributed by atoms with Gasteiger partial charge in [0, 0.05) is 19.8 Å². The van der Waals surface area contributed by atoms with Crippen molar-refractivity contribution in [2.75, 3.05) is 14.1 Å². The molecule has 0 aromatic carbocycles.